The van der Waals surface area contributed by atoms with Crippen LogP contribution >= 0.6 is 0 Å². The molecule has 1 aliphatic heterocycles. The third-order valence-corrected chi connectivity index (χ3v) is 6.68. The van der Waals surface area contributed by atoms with E-state index in [4.69, 9.17) is 0 Å². The van der Waals surface area contributed by atoms with Gasteiger partial charge < -0.3 is 9.47 Å². The fourth-order valence-corrected chi connectivity index (χ4v) is 4.75. The fraction of sp³-hybridized carbons (Fsp3) is 0.500. The van der Waals surface area contributed by atoms with Crippen molar-refractivity contribution in [1.29, 1.82) is 0 Å². The SMILES string of the molecule is CC(=O)N1c2ccc(S(=O)(=O)NCc3nnc(C4CC4)n3C)cc2CC1C. The number of sulfonamides is 1. The number of nitrogens with zero attached hydrogens (tertiary/aromatic N) is 4. The number of carbonyl (C=O) groups excluding carboxylic acids is 1. The van der Waals surface area contributed by atoms with Crippen LogP contribution in [0.5, 0.6) is 0 Å². The van der Waals surface area contributed by atoms with Crippen LogP contribution in [0.3, 0.4) is 0 Å². The van der Waals surface area contributed by atoms with Gasteiger partial charge in [0.25, 0.3) is 0 Å². The predicted octanol–water partition coefficient (Wildman–Crippen LogP) is 1.47. The van der Waals surface area contributed by atoms with Crippen LogP contribution in [0.1, 0.15) is 49.8 Å². The summed E-state index contributed by atoms with van der Waals surface area (Å²) >= 11 is 0. The average molecular weight is 389 g/mol. The molecule has 144 valence electrons. The van der Waals surface area contributed by atoms with Crippen LogP contribution < -0.4 is 9.62 Å². The molecule has 1 N–H and O–H groups in total. The van der Waals surface area contributed by atoms with Crippen LogP contribution in [0.25, 0.3) is 0 Å². The lowest BCUT2D eigenvalue weighted by Gasteiger charge is -2.20. The zero-order valence-electron chi connectivity index (χ0n) is 15.6. The molecule has 8 nitrogen and oxygen atoms in total. The molecule has 2 aromatic rings. The van der Waals surface area contributed by atoms with Crippen molar-refractivity contribution in [2.75, 3.05) is 4.90 Å². The maximum Gasteiger partial charge on any atom is 0.240 e. The number of benzene rings is 1. The quantitative estimate of drug-likeness (QED) is 0.835. The summed E-state index contributed by atoms with van der Waals surface area (Å²) < 4.78 is 29.9. The van der Waals surface area contributed by atoms with E-state index in [0.717, 1.165) is 29.9 Å². The maximum absolute atomic E-state index is 12.7. The van der Waals surface area contributed by atoms with Crippen molar-refractivity contribution in [3.05, 3.63) is 35.4 Å². The highest BCUT2D eigenvalue weighted by Gasteiger charge is 2.31. The van der Waals surface area contributed by atoms with Gasteiger partial charge in [-0.05, 0) is 49.9 Å². The largest absolute Gasteiger partial charge is 0.317 e. The van der Waals surface area contributed by atoms with Gasteiger partial charge >= 0.3 is 0 Å². The minimum Gasteiger partial charge on any atom is -0.317 e. The van der Waals surface area contributed by atoms with E-state index in [1.54, 1.807) is 23.1 Å². The molecule has 1 saturated carbocycles. The number of aromatic nitrogens is 3. The van der Waals surface area contributed by atoms with Gasteiger partial charge in [0.1, 0.15) is 11.6 Å². The minimum absolute atomic E-state index is 0.0305. The smallest absolute Gasteiger partial charge is 0.240 e. The highest BCUT2D eigenvalue weighted by atomic mass is 32.2. The Kier molecular flexibility index (Phi) is 4.31. The van der Waals surface area contributed by atoms with Crippen molar-refractivity contribution in [1.82, 2.24) is 19.5 Å². The number of hydrogen-bond acceptors (Lipinski definition) is 5. The van der Waals surface area contributed by atoms with E-state index in [1.807, 2.05) is 18.5 Å². The molecular formula is C18H23N5O3S. The third-order valence-electron chi connectivity index (χ3n) is 5.28. The number of rotatable bonds is 5. The second-order valence-corrected chi connectivity index (χ2v) is 9.13. The molecule has 1 atom stereocenters. The van der Waals surface area contributed by atoms with Crippen molar-refractivity contribution in [2.24, 2.45) is 7.05 Å². The lowest BCUT2D eigenvalue weighted by Crippen LogP contribution is -2.33. The lowest BCUT2D eigenvalue weighted by molar-refractivity contribution is -0.116. The molecular weight excluding hydrogens is 366 g/mol. The molecule has 0 radical (unpaired) electrons. The number of fused-ring (bicyclic) bond motifs is 1. The first kappa shape index (κ1) is 18.1. The van der Waals surface area contributed by atoms with Gasteiger partial charge in [0, 0.05) is 31.6 Å². The lowest BCUT2D eigenvalue weighted by atomic mass is 10.1. The molecule has 0 saturated heterocycles. The van der Waals surface area contributed by atoms with Gasteiger partial charge in [-0.25, -0.2) is 13.1 Å². The Morgan fingerprint density at radius 1 is 1.30 bits per heavy atom. The third kappa shape index (κ3) is 3.25. The minimum atomic E-state index is -3.68. The van der Waals surface area contributed by atoms with E-state index in [-0.39, 0.29) is 23.4 Å². The van der Waals surface area contributed by atoms with Gasteiger partial charge in [-0.3, -0.25) is 4.79 Å². The van der Waals surface area contributed by atoms with Gasteiger partial charge in [0.15, 0.2) is 0 Å². The second-order valence-electron chi connectivity index (χ2n) is 7.36. The number of carbonyl (C=O) groups is 1. The molecule has 2 heterocycles. The zero-order chi connectivity index (χ0) is 19.3. The van der Waals surface area contributed by atoms with E-state index in [2.05, 4.69) is 14.9 Å². The van der Waals surface area contributed by atoms with E-state index >= 15 is 0 Å². The van der Waals surface area contributed by atoms with Crippen LogP contribution in [0.15, 0.2) is 23.1 Å². The van der Waals surface area contributed by atoms with E-state index < -0.39 is 10.0 Å². The molecule has 9 heteroatoms. The van der Waals surface area contributed by atoms with Crippen molar-refractivity contribution in [3.63, 3.8) is 0 Å². The molecule has 1 aromatic carbocycles. The fourth-order valence-electron chi connectivity index (χ4n) is 3.72. The van der Waals surface area contributed by atoms with Gasteiger partial charge in [-0.15, -0.1) is 10.2 Å². The molecule has 1 amide bonds. The van der Waals surface area contributed by atoms with Crippen LogP contribution in [-0.2, 0) is 34.8 Å². The van der Waals surface area contributed by atoms with Crippen LogP contribution in [0, 0.1) is 0 Å². The summed E-state index contributed by atoms with van der Waals surface area (Å²) in [5.41, 5.74) is 1.66. The summed E-state index contributed by atoms with van der Waals surface area (Å²) in [7, 11) is -1.82. The Morgan fingerprint density at radius 2 is 2.04 bits per heavy atom. The molecule has 1 aromatic heterocycles. The summed E-state index contributed by atoms with van der Waals surface area (Å²) in [5, 5.41) is 8.28. The van der Waals surface area contributed by atoms with Crippen molar-refractivity contribution in [2.45, 2.75) is 56.5 Å². The van der Waals surface area contributed by atoms with Crippen molar-refractivity contribution in [3.8, 4) is 0 Å². The van der Waals surface area contributed by atoms with Crippen molar-refractivity contribution < 1.29 is 13.2 Å². The first-order chi connectivity index (χ1) is 12.8. The van der Waals surface area contributed by atoms with Gasteiger partial charge in [0.2, 0.25) is 15.9 Å². The van der Waals surface area contributed by atoms with E-state index in [9.17, 15) is 13.2 Å². The van der Waals surface area contributed by atoms with Crippen molar-refractivity contribution >= 4 is 21.6 Å². The first-order valence-corrected chi connectivity index (χ1v) is 10.6. The molecule has 1 unspecified atom stereocenters. The topological polar surface area (TPSA) is 97.2 Å². The first-order valence-electron chi connectivity index (χ1n) is 9.08. The second kappa shape index (κ2) is 6.42. The molecule has 0 bridgehead atoms. The molecule has 1 fully saturated rings. The summed E-state index contributed by atoms with van der Waals surface area (Å²) in [5.74, 6) is 1.93. The summed E-state index contributed by atoms with van der Waals surface area (Å²) in [6.07, 6.45) is 2.87. The summed E-state index contributed by atoms with van der Waals surface area (Å²) in [4.78, 5) is 13.7. The van der Waals surface area contributed by atoms with Crippen LogP contribution in [0.4, 0.5) is 5.69 Å². The average Bonchev–Trinajstić information content (AvgIpc) is 3.29. The highest BCUT2D eigenvalue weighted by Crippen LogP contribution is 2.38. The monoisotopic (exact) mass is 389 g/mol. The van der Waals surface area contributed by atoms with Gasteiger partial charge in [-0.2, -0.15) is 0 Å². The number of nitrogens with one attached hydrogen (secondary N) is 1. The Labute approximate surface area is 158 Å². The highest BCUT2D eigenvalue weighted by molar-refractivity contribution is 7.89. The summed E-state index contributed by atoms with van der Waals surface area (Å²) in [6.45, 7) is 3.57. The van der Waals surface area contributed by atoms with Crippen LogP contribution in [-0.4, -0.2) is 35.1 Å². The van der Waals surface area contributed by atoms with Gasteiger partial charge in [-0.1, -0.05) is 0 Å². The molecule has 1 aliphatic carbocycles. The number of anilines is 1. The molecule has 4 rings (SSSR count). The Bertz CT molecular complexity index is 1010. The Balaban J connectivity index is 1.53. The Hall–Kier alpha value is -2.26. The molecule has 2 aliphatic rings. The maximum atomic E-state index is 12.7. The number of amides is 1. The number of hydrogen-bond donors (Lipinski definition) is 1. The molecule has 0 spiro atoms. The molecule has 27 heavy (non-hydrogen) atoms. The standard InChI is InChI=1S/C18H23N5O3S/c1-11-8-14-9-15(6-7-16(14)23(11)12(2)24)27(25,26)19-10-17-20-21-18(22(17)3)13-4-5-13/h6-7,9,11,13,19H,4-5,8,10H2,1-3H3. The van der Waals surface area contributed by atoms with E-state index in [0.29, 0.717) is 18.2 Å². The Morgan fingerprint density at radius 3 is 2.70 bits per heavy atom. The van der Waals surface area contributed by atoms with Gasteiger partial charge in [0.05, 0.1) is 11.4 Å². The normalized spacial score (nSPS) is 19.4. The van der Waals surface area contributed by atoms with E-state index in [1.165, 1.54) is 6.92 Å². The predicted molar refractivity (Wildman–Crippen MR) is 99.8 cm³/mol. The summed E-state index contributed by atoms with van der Waals surface area (Å²) in [6, 6.07) is 4.94. The zero-order valence-corrected chi connectivity index (χ0v) is 16.5. The van der Waals surface area contributed by atoms with Crippen LogP contribution in [0.2, 0.25) is 0 Å².